The van der Waals surface area contributed by atoms with E-state index in [1.54, 1.807) is 12.1 Å². The van der Waals surface area contributed by atoms with Crippen molar-refractivity contribution in [3.8, 4) is 0 Å². The van der Waals surface area contributed by atoms with Crippen LogP contribution in [0.3, 0.4) is 0 Å². The van der Waals surface area contributed by atoms with Gasteiger partial charge < -0.3 is 9.88 Å². The summed E-state index contributed by atoms with van der Waals surface area (Å²) in [6.07, 6.45) is 0. The van der Waals surface area contributed by atoms with Crippen LogP contribution in [0.4, 0.5) is 0 Å². The van der Waals surface area contributed by atoms with Crippen LogP contribution < -0.4 is 5.56 Å². The number of piperazine rings is 1. The van der Waals surface area contributed by atoms with Crippen LogP contribution in [0.25, 0.3) is 11.0 Å². The van der Waals surface area contributed by atoms with Crippen molar-refractivity contribution in [2.24, 2.45) is 0 Å². The third kappa shape index (κ3) is 3.82. The molecule has 0 saturated carbocycles. The molecular formula is C20H24N6O2. The molecule has 1 fully saturated rings. The molecule has 1 aromatic carbocycles. The van der Waals surface area contributed by atoms with Crippen molar-refractivity contribution in [3.63, 3.8) is 0 Å². The van der Waals surface area contributed by atoms with Gasteiger partial charge in [-0.15, -0.1) is 0 Å². The van der Waals surface area contributed by atoms with E-state index in [-0.39, 0.29) is 11.5 Å². The first-order chi connectivity index (χ1) is 13.5. The second-order valence-electron chi connectivity index (χ2n) is 7.22. The van der Waals surface area contributed by atoms with Crippen molar-refractivity contribution >= 4 is 16.9 Å². The molecule has 1 N–H and O–H groups in total. The topological polar surface area (TPSA) is 87.1 Å². The highest BCUT2D eigenvalue weighted by Crippen LogP contribution is 2.16. The number of hydrogen-bond acceptors (Lipinski definition) is 5. The molecule has 3 aromatic rings. The second kappa shape index (κ2) is 7.55. The number of benzene rings is 1. The average molecular weight is 380 g/mol. The number of imidazole rings is 1. The molecule has 1 saturated heterocycles. The second-order valence-corrected chi connectivity index (χ2v) is 7.22. The van der Waals surface area contributed by atoms with Gasteiger partial charge in [0.25, 0.3) is 11.5 Å². The van der Waals surface area contributed by atoms with E-state index in [2.05, 4.69) is 20.0 Å². The predicted molar refractivity (Wildman–Crippen MR) is 106 cm³/mol. The highest BCUT2D eigenvalue weighted by Gasteiger charge is 2.22. The quantitative estimate of drug-likeness (QED) is 0.735. The average Bonchev–Trinajstić information content (AvgIpc) is 3.07. The van der Waals surface area contributed by atoms with Gasteiger partial charge in [0.1, 0.15) is 5.82 Å². The Morgan fingerprint density at radius 3 is 2.64 bits per heavy atom. The molecule has 8 heteroatoms. The summed E-state index contributed by atoms with van der Waals surface area (Å²) in [5, 5.41) is 4.27. The van der Waals surface area contributed by atoms with Gasteiger partial charge in [0.15, 0.2) is 0 Å². The predicted octanol–water partition coefficient (Wildman–Crippen LogP) is 1.19. The minimum absolute atomic E-state index is 0.0466. The van der Waals surface area contributed by atoms with Crippen molar-refractivity contribution in [2.45, 2.75) is 20.4 Å². The molecule has 1 amide bonds. The Morgan fingerprint density at radius 1 is 1.07 bits per heavy atom. The molecule has 0 unspecified atom stereocenters. The van der Waals surface area contributed by atoms with Gasteiger partial charge >= 0.3 is 0 Å². The Morgan fingerprint density at radius 2 is 1.86 bits per heavy atom. The summed E-state index contributed by atoms with van der Waals surface area (Å²) in [5.74, 6) is 0.890. The van der Waals surface area contributed by atoms with Crippen molar-refractivity contribution in [1.82, 2.24) is 29.5 Å². The van der Waals surface area contributed by atoms with Crippen LogP contribution in [0.2, 0.25) is 0 Å². The van der Waals surface area contributed by atoms with Crippen molar-refractivity contribution < 1.29 is 4.79 Å². The zero-order chi connectivity index (χ0) is 19.7. The summed E-state index contributed by atoms with van der Waals surface area (Å²) in [4.78, 5) is 36.4. The molecule has 0 atom stereocenters. The Kier molecular flexibility index (Phi) is 4.95. The van der Waals surface area contributed by atoms with E-state index in [1.165, 1.54) is 4.68 Å². The van der Waals surface area contributed by atoms with Gasteiger partial charge in [-0.3, -0.25) is 14.5 Å². The van der Waals surface area contributed by atoms with E-state index in [0.29, 0.717) is 25.2 Å². The maximum Gasteiger partial charge on any atom is 0.266 e. The molecule has 1 aliphatic heterocycles. The van der Waals surface area contributed by atoms with E-state index in [1.807, 2.05) is 36.9 Å². The normalized spacial score (nSPS) is 15.3. The fourth-order valence-electron chi connectivity index (χ4n) is 3.57. The Labute approximate surface area is 162 Å². The number of aromatic amines is 1. The number of aromatic nitrogens is 4. The number of nitrogens with one attached hydrogen (secondary N) is 1. The Balaban J connectivity index is 1.34. The fourth-order valence-corrected chi connectivity index (χ4v) is 3.57. The standard InChI is InChI=1S/C20H24N6O2/c1-14-3-6-19(27)26(23-14)12-9-24-7-10-25(11-8-24)20(28)16-4-5-17-18(13-16)22-15(2)21-17/h3-6,13H,7-12H2,1-2H3,(H,21,22). The van der Waals surface area contributed by atoms with E-state index in [0.717, 1.165) is 42.2 Å². The van der Waals surface area contributed by atoms with Crippen LogP contribution in [0.15, 0.2) is 35.1 Å². The fraction of sp³-hybridized carbons (Fsp3) is 0.400. The smallest absolute Gasteiger partial charge is 0.266 e. The van der Waals surface area contributed by atoms with E-state index < -0.39 is 0 Å². The molecule has 146 valence electrons. The molecule has 0 aliphatic carbocycles. The lowest BCUT2D eigenvalue weighted by molar-refractivity contribution is 0.0631. The largest absolute Gasteiger partial charge is 0.342 e. The third-order valence-electron chi connectivity index (χ3n) is 5.13. The highest BCUT2D eigenvalue weighted by molar-refractivity contribution is 5.97. The molecule has 4 rings (SSSR count). The summed E-state index contributed by atoms with van der Waals surface area (Å²) in [5.41, 5.74) is 3.19. The van der Waals surface area contributed by atoms with Gasteiger partial charge in [-0.05, 0) is 38.1 Å². The van der Waals surface area contributed by atoms with Crippen LogP contribution >= 0.6 is 0 Å². The van der Waals surface area contributed by atoms with Crippen molar-refractivity contribution in [2.75, 3.05) is 32.7 Å². The van der Waals surface area contributed by atoms with Crippen molar-refractivity contribution in [1.29, 1.82) is 0 Å². The molecule has 8 nitrogen and oxygen atoms in total. The van der Waals surface area contributed by atoms with Gasteiger partial charge in [-0.25, -0.2) is 9.67 Å². The number of aryl methyl sites for hydroxylation is 2. The number of fused-ring (bicyclic) bond motifs is 1. The number of hydrogen-bond donors (Lipinski definition) is 1. The lowest BCUT2D eigenvalue weighted by atomic mass is 10.1. The molecule has 3 heterocycles. The molecule has 0 spiro atoms. The highest BCUT2D eigenvalue weighted by atomic mass is 16.2. The van der Waals surface area contributed by atoms with E-state index in [4.69, 9.17) is 0 Å². The van der Waals surface area contributed by atoms with Crippen LogP contribution in [-0.2, 0) is 6.54 Å². The first kappa shape index (κ1) is 18.4. The summed E-state index contributed by atoms with van der Waals surface area (Å²) < 4.78 is 1.51. The lowest BCUT2D eigenvalue weighted by Crippen LogP contribution is -2.49. The van der Waals surface area contributed by atoms with Crippen LogP contribution in [-0.4, -0.2) is 68.2 Å². The summed E-state index contributed by atoms with van der Waals surface area (Å²) in [6, 6.07) is 8.88. The van der Waals surface area contributed by atoms with Gasteiger partial charge in [-0.2, -0.15) is 5.10 Å². The maximum atomic E-state index is 12.8. The SMILES string of the molecule is Cc1ccc(=O)n(CCN2CCN(C(=O)c3ccc4nc(C)[nH]c4c3)CC2)n1. The summed E-state index contributed by atoms with van der Waals surface area (Å²) >= 11 is 0. The monoisotopic (exact) mass is 380 g/mol. The molecular weight excluding hydrogens is 356 g/mol. The first-order valence-corrected chi connectivity index (χ1v) is 9.52. The van der Waals surface area contributed by atoms with Crippen LogP contribution in [0.1, 0.15) is 21.9 Å². The van der Waals surface area contributed by atoms with Gasteiger partial charge in [-0.1, -0.05) is 0 Å². The van der Waals surface area contributed by atoms with Gasteiger partial charge in [0, 0.05) is 44.4 Å². The Bertz CT molecular complexity index is 1060. The lowest BCUT2D eigenvalue weighted by Gasteiger charge is -2.34. The van der Waals surface area contributed by atoms with E-state index in [9.17, 15) is 9.59 Å². The Hall–Kier alpha value is -3.00. The van der Waals surface area contributed by atoms with Crippen LogP contribution in [0.5, 0.6) is 0 Å². The molecule has 2 aromatic heterocycles. The minimum atomic E-state index is -0.0798. The molecule has 0 radical (unpaired) electrons. The molecule has 1 aliphatic rings. The zero-order valence-electron chi connectivity index (χ0n) is 16.2. The summed E-state index contributed by atoms with van der Waals surface area (Å²) in [6.45, 7) is 8.02. The zero-order valence-corrected chi connectivity index (χ0v) is 16.2. The van der Waals surface area contributed by atoms with Gasteiger partial charge in [0.2, 0.25) is 0 Å². The molecule has 28 heavy (non-hydrogen) atoms. The summed E-state index contributed by atoms with van der Waals surface area (Å²) in [7, 11) is 0. The maximum absolute atomic E-state index is 12.8. The number of rotatable bonds is 4. The molecule has 0 bridgehead atoms. The van der Waals surface area contributed by atoms with Gasteiger partial charge in [0.05, 0.1) is 23.3 Å². The number of amides is 1. The minimum Gasteiger partial charge on any atom is -0.342 e. The number of carbonyl (C=O) groups excluding carboxylic acids is 1. The third-order valence-corrected chi connectivity index (χ3v) is 5.13. The number of nitrogens with zero attached hydrogens (tertiary/aromatic N) is 5. The number of carbonyl (C=O) groups is 1. The van der Waals surface area contributed by atoms with E-state index >= 15 is 0 Å². The van der Waals surface area contributed by atoms with Crippen molar-refractivity contribution in [3.05, 3.63) is 57.8 Å². The van der Waals surface area contributed by atoms with Crippen LogP contribution in [0, 0.1) is 13.8 Å². The number of H-pyrrole nitrogens is 1. The first-order valence-electron chi connectivity index (χ1n) is 9.52.